The highest BCUT2D eigenvalue weighted by atomic mass is 35.5. The van der Waals surface area contributed by atoms with E-state index in [2.05, 4.69) is 0 Å². The quantitative estimate of drug-likeness (QED) is 0.813. The minimum absolute atomic E-state index is 0.000867. The van der Waals surface area contributed by atoms with Gasteiger partial charge in [-0.3, -0.25) is 4.72 Å². The summed E-state index contributed by atoms with van der Waals surface area (Å²) in [5.74, 6) is -2.26. The van der Waals surface area contributed by atoms with Crippen LogP contribution in [0, 0.1) is 5.82 Å². The van der Waals surface area contributed by atoms with Crippen molar-refractivity contribution >= 4 is 33.3 Å². The van der Waals surface area contributed by atoms with E-state index in [0.29, 0.717) is 6.42 Å². The van der Waals surface area contributed by atoms with Crippen LogP contribution in [0.4, 0.5) is 10.1 Å². The lowest BCUT2D eigenvalue weighted by molar-refractivity contribution is -0.138. The summed E-state index contributed by atoms with van der Waals surface area (Å²) in [5.41, 5.74) is -0.925. The molecule has 0 saturated carbocycles. The van der Waals surface area contributed by atoms with Crippen molar-refractivity contribution < 1.29 is 27.8 Å². The van der Waals surface area contributed by atoms with Crippen molar-refractivity contribution in [2.45, 2.75) is 31.4 Å². The number of esters is 1. The molecule has 0 fully saturated rings. The second-order valence-corrected chi connectivity index (χ2v) is 6.96. The fourth-order valence-corrected chi connectivity index (χ4v) is 3.92. The molecule has 0 saturated heterocycles. The third kappa shape index (κ3) is 4.23. The molecule has 0 amide bonds. The lowest BCUT2D eigenvalue weighted by Crippen LogP contribution is -2.34. The number of hydrogen-bond acceptors (Lipinski definition) is 4. The summed E-state index contributed by atoms with van der Waals surface area (Å²) in [6.07, 6.45) is 0.583. The SMILES string of the molecule is [2H]C1=C(C(=O)OCC)[C@H](S(=O)(=O)Nc2c([2H])c([2H])c(F)c([2H])c2Cl)CCC1. The number of halogens is 2. The topological polar surface area (TPSA) is 72.5 Å². The summed E-state index contributed by atoms with van der Waals surface area (Å²) >= 11 is 5.80. The van der Waals surface area contributed by atoms with Gasteiger partial charge in [-0.25, -0.2) is 17.6 Å². The van der Waals surface area contributed by atoms with Crippen LogP contribution in [0.2, 0.25) is 5.02 Å². The van der Waals surface area contributed by atoms with Crippen LogP contribution in [0.15, 0.2) is 29.8 Å². The van der Waals surface area contributed by atoms with E-state index in [1.54, 1.807) is 6.92 Å². The Balaban J connectivity index is 2.51. The number of benzene rings is 1. The minimum atomic E-state index is -4.40. The van der Waals surface area contributed by atoms with E-state index in [4.69, 9.17) is 21.8 Å². The second-order valence-electron chi connectivity index (χ2n) is 4.72. The van der Waals surface area contributed by atoms with Crippen LogP contribution in [0.5, 0.6) is 0 Å². The molecule has 8 heteroatoms. The van der Waals surface area contributed by atoms with Gasteiger partial charge >= 0.3 is 5.97 Å². The summed E-state index contributed by atoms with van der Waals surface area (Å²) in [6, 6.07) is -2.89. The van der Waals surface area contributed by atoms with E-state index in [1.165, 1.54) is 0 Å². The Kier molecular flexibility index (Phi) is 4.06. The molecule has 0 unspecified atom stereocenters. The van der Waals surface area contributed by atoms with Crippen LogP contribution in [-0.4, -0.2) is 26.2 Å². The van der Waals surface area contributed by atoms with Crippen LogP contribution in [0.1, 0.15) is 31.7 Å². The second kappa shape index (κ2) is 7.31. The van der Waals surface area contributed by atoms with Gasteiger partial charge in [0, 0.05) is 0 Å². The zero-order chi connectivity index (χ0) is 20.5. The van der Waals surface area contributed by atoms with Gasteiger partial charge in [-0.05, 0) is 44.3 Å². The maximum Gasteiger partial charge on any atom is 0.335 e. The summed E-state index contributed by atoms with van der Waals surface area (Å²) < 4.78 is 76.9. The Morgan fingerprint density at radius 2 is 2.30 bits per heavy atom. The highest BCUT2D eigenvalue weighted by Gasteiger charge is 2.35. The first-order valence-corrected chi connectivity index (χ1v) is 8.78. The lowest BCUT2D eigenvalue weighted by Gasteiger charge is -2.24. The van der Waals surface area contributed by atoms with E-state index >= 15 is 0 Å². The Bertz CT molecular complexity index is 894. The fourth-order valence-electron chi connectivity index (χ4n) is 2.14. The largest absolute Gasteiger partial charge is 0.463 e. The number of ether oxygens (including phenoxy) is 1. The van der Waals surface area contributed by atoms with Crippen LogP contribution < -0.4 is 4.72 Å². The predicted molar refractivity (Wildman–Crippen MR) is 86.3 cm³/mol. The Hall–Kier alpha value is -1.60. The molecule has 0 aliphatic heterocycles. The van der Waals surface area contributed by atoms with Crippen molar-refractivity contribution in [3.05, 3.63) is 40.6 Å². The molecule has 0 spiro atoms. The van der Waals surface area contributed by atoms with Crippen LogP contribution in [0.3, 0.4) is 0 Å². The van der Waals surface area contributed by atoms with Gasteiger partial charge in [0.15, 0.2) is 0 Å². The van der Waals surface area contributed by atoms with E-state index in [-0.39, 0.29) is 31.1 Å². The van der Waals surface area contributed by atoms with Gasteiger partial charge in [-0.15, -0.1) is 0 Å². The van der Waals surface area contributed by atoms with Gasteiger partial charge in [0.2, 0.25) is 10.0 Å². The van der Waals surface area contributed by atoms with Crippen LogP contribution in [0.25, 0.3) is 0 Å². The van der Waals surface area contributed by atoms with Crippen molar-refractivity contribution in [1.82, 2.24) is 0 Å². The van der Waals surface area contributed by atoms with E-state index in [0.717, 1.165) is 0 Å². The molecular weight excluding hydrogens is 345 g/mol. The number of hydrogen-bond donors (Lipinski definition) is 1. The lowest BCUT2D eigenvalue weighted by atomic mass is 9.99. The molecule has 1 aromatic rings. The standard InChI is InChI=1S/C15H17ClFNO4S/c1-2-22-15(19)11-5-3-4-6-14(11)23(20,21)18-13-8-7-10(17)9-12(13)16/h5,7-9,14,18H,2-4,6H2,1H3/t14-/m1/s1/i5D,7D,8D,9D. The molecule has 126 valence electrons. The van der Waals surface area contributed by atoms with Crippen molar-refractivity contribution in [2.75, 3.05) is 11.3 Å². The third-order valence-corrected chi connectivity index (χ3v) is 5.12. The molecule has 0 aromatic heterocycles. The number of carbonyl (C=O) groups is 1. The molecule has 1 aliphatic carbocycles. The summed E-state index contributed by atoms with van der Waals surface area (Å²) in [7, 11) is -4.40. The van der Waals surface area contributed by atoms with Crippen molar-refractivity contribution in [3.63, 3.8) is 0 Å². The zero-order valence-corrected chi connectivity index (χ0v) is 13.8. The summed E-state index contributed by atoms with van der Waals surface area (Å²) in [6.45, 7) is 1.55. The highest BCUT2D eigenvalue weighted by Crippen LogP contribution is 2.30. The molecule has 2 rings (SSSR count). The average Bonchev–Trinajstić information content (AvgIpc) is 2.62. The number of carbonyl (C=O) groups excluding carboxylic acids is 1. The van der Waals surface area contributed by atoms with Gasteiger partial charge in [0.05, 0.1) is 28.4 Å². The average molecular weight is 366 g/mol. The predicted octanol–water partition coefficient (Wildman–Crippen LogP) is 3.26. The molecule has 0 bridgehead atoms. The van der Waals surface area contributed by atoms with Gasteiger partial charge in [-0.2, -0.15) is 0 Å². The Morgan fingerprint density at radius 1 is 1.57 bits per heavy atom. The first-order valence-electron chi connectivity index (χ1n) is 8.86. The number of allylic oxidation sites excluding steroid dienone is 1. The fraction of sp³-hybridized carbons (Fsp3) is 0.400. The molecule has 1 aliphatic rings. The van der Waals surface area contributed by atoms with Crippen LogP contribution >= 0.6 is 11.6 Å². The first-order chi connectivity index (χ1) is 12.5. The number of sulfonamides is 1. The monoisotopic (exact) mass is 365 g/mol. The molecule has 23 heavy (non-hydrogen) atoms. The van der Waals surface area contributed by atoms with Crippen LogP contribution in [-0.2, 0) is 19.6 Å². The van der Waals surface area contributed by atoms with Gasteiger partial charge in [-0.1, -0.05) is 17.7 Å². The van der Waals surface area contributed by atoms with Gasteiger partial charge in [0.1, 0.15) is 11.1 Å². The maximum absolute atomic E-state index is 13.7. The summed E-state index contributed by atoms with van der Waals surface area (Å²) in [5, 5.41) is -2.10. The van der Waals surface area contributed by atoms with Crippen molar-refractivity contribution in [2.24, 2.45) is 0 Å². The Morgan fingerprint density at radius 3 is 3.00 bits per heavy atom. The molecule has 5 nitrogen and oxygen atoms in total. The van der Waals surface area contributed by atoms with Gasteiger partial charge < -0.3 is 4.74 Å². The highest BCUT2D eigenvalue weighted by molar-refractivity contribution is 7.93. The maximum atomic E-state index is 13.7. The molecular formula is C15H17ClFNO4S. The third-order valence-electron chi connectivity index (χ3n) is 3.13. The summed E-state index contributed by atoms with van der Waals surface area (Å²) in [4.78, 5) is 12.1. The number of rotatable bonds is 5. The number of nitrogens with one attached hydrogen (secondary N) is 1. The Labute approximate surface area is 145 Å². The smallest absolute Gasteiger partial charge is 0.335 e. The normalized spacial score (nSPS) is 21.1. The van der Waals surface area contributed by atoms with Crippen molar-refractivity contribution in [1.29, 1.82) is 0 Å². The molecule has 1 atom stereocenters. The molecule has 0 radical (unpaired) electrons. The van der Waals surface area contributed by atoms with E-state index in [9.17, 15) is 17.6 Å². The minimum Gasteiger partial charge on any atom is -0.463 e. The van der Waals surface area contributed by atoms with E-state index in [1.807, 2.05) is 4.72 Å². The molecule has 1 aromatic carbocycles. The number of anilines is 1. The first kappa shape index (κ1) is 12.8. The van der Waals surface area contributed by atoms with Crippen molar-refractivity contribution in [3.8, 4) is 0 Å². The molecule has 1 N–H and O–H groups in total. The van der Waals surface area contributed by atoms with E-state index < -0.39 is 55.9 Å². The van der Waals surface area contributed by atoms with Gasteiger partial charge in [0.25, 0.3) is 0 Å². The zero-order valence-electron chi connectivity index (χ0n) is 16.2. The molecule has 0 heterocycles.